The van der Waals surface area contributed by atoms with Crippen LogP contribution < -0.4 is 10.1 Å². The molecule has 0 radical (unpaired) electrons. The molecule has 0 unspecified atom stereocenters. The van der Waals surface area contributed by atoms with E-state index in [4.69, 9.17) is 9.73 Å². The number of aryl methyl sites for hydroxylation is 1. The van der Waals surface area contributed by atoms with E-state index in [0.29, 0.717) is 19.6 Å². The Kier molecular flexibility index (Phi) is 6.92. The average Bonchev–Trinajstić information content (AvgIpc) is 2.60. The van der Waals surface area contributed by atoms with Crippen molar-refractivity contribution < 1.29 is 13.2 Å². The first-order valence-electron chi connectivity index (χ1n) is 9.17. The summed E-state index contributed by atoms with van der Waals surface area (Å²) in [5, 5.41) is 3.30. The van der Waals surface area contributed by atoms with Gasteiger partial charge in [-0.1, -0.05) is 12.1 Å². The van der Waals surface area contributed by atoms with Crippen LogP contribution in [0, 0.1) is 0 Å². The molecule has 1 aliphatic heterocycles. The second-order valence-corrected chi connectivity index (χ2v) is 9.93. The molecule has 1 aromatic carbocycles. The van der Waals surface area contributed by atoms with Crippen molar-refractivity contribution in [3.63, 3.8) is 0 Å². The fourth-order valence-electron chi connectivity index (χ4n) is 3.05. The van der Waals surface area contributed by atoms with Gasteiger partial charge in [-0.15, -0.1) is 0 Å². The molecule has 1 saturated heterocycles. The molecular weight excluding hydrogens is 350 g/mol. The normalized spacial score (nSPS) is 19.2. The highest BCUT2D eigenvalue weighted by Gasteiger charge is 2.40. The summed E-state index contributed by atoms with van der Waals surface area (Å²) in [6.07, 6.45) is 1.86. The lowest BCUT2D eigenvalue weighted by Crippen LogP contribution is -2.57. The summed E-state index contributed by atoms with van der Waals surface area (Å²) in [7, 11) is -1.37. The molecule has 0 atom stereocenters. The van der Waals surface area contributed by atoms with Gasteiger partial charge < -0.3 is 15.0 Å². The van der Waals surface area contributed by atoms with Crippen LogP contribution in [0.1, 0.15) is 32.8 Å². The Balaban J connectivity index is 1.96. The smallest absolute Gasteiger partial charge is 0.193 e. The van der Waals surface area contributed by atoms with Gasteiger partial charge in [-0.25, -0.2) is 8.42 Å². The summed E-state index contributed by atoms with van der Waals surface area (Å²) in [6.45, 7) is 8.03. The van der Waals surface area contributed by atoms with Crippen LogP contribution in [0.25, 0.3) is 0 Å². The van der Waals surface area contributed by atoms with E-state index in [1.807, 2.05) is 25.1 Å². The second kappa shape index (κ2) is 8.75. The Morgan fingerprint density at radius 1 is 1.38 bits per heavy atom. The molecule has 1 fully saturated rings. The number of rotatable bonds is 6. The Bertz CT molecular complexity index is 729. The van der Waals surface area contributed by atoms with Crippen LogP contribution in [-0.4, -0.2) is 63.1 Å². The van der Waals surface area contributed by atoms with Crippen LogP contribution in [0.4, 0.5) is 0 Å². The molecule has 1 N–H and O–H groups in total. The molecule has 0 spiro atoms. The fraction of sp³-hybridized carbons (Fsp3) is 0.632. The minimum Gasteiger partial charge on any atom is -0.497 e. The molecule has 0 aromatic heterocycles. The number of guanidine groups is 1. The van der Waals surface area contributed by atoms with Crippen LogP contribution >= 0.6 is 0 Å². The van der Waals surface area contributed by atoms with Crippen LogP contribution in [0.5, 0.6) is 5.75 Å². The molecule has 2 rings (SSSR count). The quantitative estimate of drug-likeness (QED) is 0.464. The Hall–Kier alpha value is -1.76. The van der Waals surface area contributed by atoms with Crippen molar-refractivity contribution in [3.05, 3.63) is 29.8 Å². The van der Waals surface area contributed by atoms with Crippen molar-refractivity contribution >= 4 is 15.8 Å². The van der Waals surface area contributed by atoms with Crippen molar-refractivity contribution in [3.8, 4) is 5.75 Å². The molecule has 1 aromatic rings. The second-order valence-electron chi connectivity index (χ2n) is 7.19. The molecule has 146 valence electrons. The molecular formula is C19H31N3O3S. The van der Waals surface area contributed by atoms with Gasteiger partial charge in [-0.05, 0) is 51.3 Å². The molecule has 0 amide bonds. The average molecular weight is 382 g/mol. The predicted molar refractivity (Wildman–Crippen MR) is 107 cm³/mol. The summed E-state index contributed by atoms with van der Waals surface area (Å²) in [5.74, 6) is 1.85. The molecule has 7 heteroatoms. The highest BCUT2D eigenvalue weighted by molar-refractivity contribution is 7.92. The fourth-order valence-corrected chi connectivity index (χ4v) is 4.41. The zero-order valence-corrected chi connectivity index (χ0v) is 17.1. The van der Waals surface area contributed by atoms with Crippen LogP contribution in [0.15, 0.2) is 29.3 Å². The maximum absolute atomic E-state index is 12.2. The first-order chi connectivity index (χ1) is 12.3. The Morgan fingerprint density at radius 2 is 2.15 bits per heavy atom. The number of aliphatic imine (C=N–C) groups is 1. The third kappa shape index (κ3) is 5.13. The molecule has 0 bridgehead atoms. The summed E-state index contributed by atoms with van der Waals surface area (Å²) in [6, 6.07) is 8.08. The van der Waals surface area contributed by atoms with E-state index >= 15 is 0 Å². The molecule has 6 nitrogen and oxygen atoms in total. The van der Waals surface area contributed by atoms with Gasteiger partial charge in [0.25, 0.3) is 0 Å². The monoisotopic (exact) mass is 381 g/mol. The summed E-state index contributed by atoms with van der Waals surface area (Å²) >= 11 is 0. The number of ether oxygens (including phenoxy) is 1. The zero-order valence-electron chi connectivity index (χ0n) is 16.3. The molecule has 0 saturated carbocycles. The topological polar surface area (TPSA) is 71.0 Å². The third-order valence-corrected chi connectivity index (χ3v) is 7.23. The molecule has 0 aliphatic carbocycles. The molecule has 26 heavy (non-hydrogen) atoms. The maximum atomic E-state index is 12.2. The lowest BCUT2D eigenvalue weighted by Gasteiger charge is -2.39. The van der Waals surface area contributed by atoms with Gasteiger partial charge in [0.15, 0.2) is 15.8 Å². The zero-order chi connectivity index (χ0) is 19.2. The number of nitrogens with one attached hydrogen (secondary N) is 1. The number of hydrogen-bond donors (Lipinski definition) is 1. The van der Waals surface area contributed by atoms with Crippen LogP contribution in [0.3, 0.4) is 0 Å². The minimum atomic E-state index is -3.05. The van der Waals surface area contributed by atoms with E-state index in [9.17, 15) is 8.42 Å². The van der Waals surface area contributed by atoms with Gasteiger partial charge in [0.05, 0.1) is 17.6 Å². The summed E-state index contributed by atoms with van der Waals surface area (Å²) < 4.78 is 28.9. The third-order valence-electron chi connectivity index (χ3n) is 4.70. The van der Waals surface area contributed by atoms with E-state index in [-0.39, 0.29) is 5.75 Å². The van der Waals surface area contributed by atoms with Gasteiger partial charge in [0.2, 0.25) is 0 Å². The minimum absolute atomic E-state index is 0.175. The maximum Gasteiger partial charge on any atom is 0.193 e. The van der Waals surface area contributed by atoms with Crippen molar-refractivity contribution in [2.75, 3.05) is 39.0 Å². The van der Waals surface area contributed by atoms with E-state index < -0.39 is 14.6 Å². The lowest BCUT2D eigenvalue weighted by atomic mass is 10.1. The number of benzene rings is 1. The van der Waals surface area contributed by atoms with Gasteiger partial charge in [0.1, 0.15) is 5.75 Å². The number of methoxy groups -OCH3 is 1. The molecule has 1 heterocycles. The highest BCUT2D eigenvalue weighted by atomic mass is 32.2. The van der Waals surface area contributed by atoms with E-state index in [1.54, 1.807) is 21.0 Å². The van der Waals surface area contributed by atoms with Crippen molar-refractivity contribution in [2.45, 2.75) is 38.4 Å². The first-order valence-corrected chi connectivity index (χ1v) is 10.8. The van der Waals surface area contributed by atoms with Gasteiger partial charge in [-0.2, -0.15) is 0 Å². The van der Waals surface area contributed by atoms with Crippen molar-refractivity contribution in [1.82, 2.24) is 10.2 Å². The lowest BCUT2D eigenvalue weighted by molar-refractivity contribution is 0.353. The number of nitrogens with zero attached hydrogens (tertiary/aromatic N) is 2. The van der Waals surface area contributed by atoms with E-state index in [2.05, 4.69) is 16.3 Å². The number of hydrogen-bond acceptors (Lipinski definition) is 4. The molecule has 1 aliphatic rings. The largest absolute Gasteiger partial charge is 0.497 e. The predicted octanol–water partition coefficient (Wildman–Crippen LogP) is 2.10. The van der Waals surface area contributed by atoms with E-state index in [0.717, 1.165) is 31.1 Å². The van der Waals surface area contributed by atoms with Gasteiger partial charge in [0, 0.05) is 26.2 Å². The van der Waals surface area contributed by atoms with Gasteiger partial charge >= 0.3 is 0 Å². The Labute approximate surface area is 157 Å². The Morgan fingerprint density at radius 3 is 2.81 bits per heavy atom. The van der Waals surface area contributed by atoms with Gasteiger partial charge in [-0.3, -0.25) is 4.99 Å². The van der Waals surface area contributed by atoms with Crippen LogP contribution in [-0.2, 0) is 16.3 Å². The van der Waals surface area contributed by atoms with Crippen molar-refractivity contribution in [1.29, 1.82) is 0 Å². The summed E-state index contributed by atoms with van der Waals surface area (Å²) in [5.41, 5.74) is 1.23. The first kappa shape index (κ1) is 20.6. The summed E-state index contributed by atoms with van der Waals surface area (Å²) in [4.78, 5) is 6.78. The van der Waals surface area contributed by atoms with E-state index in [1.165, 1.54) is 5.56 Å². The number of sulfone groups is 1. The highest BCUT2D eigenvalue weighted by Crippen LogP contribution is 2.23. The standard InChI is InChI=1S/C19H31N3O3S/c1-5-20-18(22-12-13-26(23,24)19(2,3)15-22)21-11-7-9-16-8-6-10-17(14-16)25-4/h6,8,10,14H,5,7,9,11-13,15H2,1-4H3,(H,20,21). The SMILES string of the molecule is CCNC(=NCCCc1cccc(OC)c1)N1CCS(=O)(=O)C(C)(C)C1. The van der Waals surface area contributed by atoms with Crippen molar-refractivity contribution in [2.24, 2.45) is 4.99 Å². The van der Waals surface area contributed by atoms with Crippen LogP contribution in [0.2, 0.25) is 0 Å².